The number of hydrogen-bond donors (Lipinski definition) is 0. The molecule has 0 radical (unpaired) electrons. The maximum Gasteiger partial charge on any atom is 0.0726 e. The van der Waals surface area contributed by atoms with Crippen LogP contribution in [0.1, 0.15) is 22.3 Å². The van der Waals surface area contributed by atoms with Gasteiger partial charge in [-0.2, -0.15) is 0 Å². The summed E-state index contributed by atoms with van der Waals surface area (Å²) in [5, 5.41) is 7.61. The first-order valence-corrected chi connectivity index (χ1v) is 21.6. The summed E-state index contributed by atoms with van der Waals surface area (Å²) in [5.74, 6) is 0. The summed E-state index contributed by atoms with van der Waals surface area (Å²) < 4.78 is 0. The van der Waals surface area contributed by atoms with Gasteiger partial charge < -0.3 is 4.90 Å². The third-order valence-electron chi connectivity index (χ3n) is 13.7. The monoisotopic (exact) mass is 785 g/mol. The van der Waals surface area contributed by atoms with Crippen molar-refractivity contribution >= 4 is 49.4 Å². The van der Waals surface area contributed by atoms with Crippen LogP contribution in [0.25, 0.3) is 76.8 Å². The Hall–Kier alpha value is -8.00. The summed E-state index contributed by atoms with van der Waals surface area (Å²) in [6.07, 6.45) is 0. The van der Waals surface area contributed by atoms with E-state index in [1.165, 1.54) is 99.1 Å². The van der Waals surface area contributed by atoms with Crippen LogP contribution in [-0.4, -0.2) is 0 Å². The Morgan fingerprint density at radius 2 is 0.613 bits per heavy atom. The zero-order chi connectivity index (χ0) is 40.8. The van der Waals surface area contributed by atoms with Crippen LogP contribution in [0.5, 0.6) is 0 Å². The zero-order valence-electron chi connectivity index (χ0n) is 34.0. The third-order valence-corrected chi connectivity index (χ3v) is 13.7. The molecule has 0 heterocycles. The standard InChI is InChI=1S/C61H39N/c1-3-15-40(16-4-1)42-27-30-44(31-28-42)62(45-32-35-51-49-21-8-7-19-47(49)48-20-9-10-22-50(48)56(51)38-45)46-33-36-55-54-34-29-43(41-17-5-2-6-18-41)37-59(54)61(60(55)39-46)57-25-13-11-23-52(57)53-24-12-14-26-58(53)61/h1-39H. The van der Waals surface area contributed by atoms with Crippen molar-refractivity contribution in [3.63, 3.8) is 0 Å². The molecule has 1 nitrogen and oxygen atoms in total. The average molecular weight is 786 g/mol. The van der Waals surface area contributed by atoms with Crippen molar-refractivity contribution in [1.82, 2.24) is 0 Å². The predicted octanol–water partition coefficient (Wildman–Crippen LogP) is 16.3. The van der Waals surface area contributed by atoms with Crippen molar-refractivity contribution in [2.75, 3.05) is 4.90 Å². The van der Waals surface area contributed by atoms with E-state index in [2.05, 4.69) is 241 Å². The smallest absolute Gasteiger partial charge is 0.0726 e. The van der Waals surface area contributed by atoms with Gasteiger partial charge in [0.25, 0.3) is 0 Å². The molecular formula is C61H39N. The predicted molar refractivity (Wildman–Crippen MR) is 261 cm³/mol. The van der Waals surface area contributed by atoms with Crippen molar-refractivity contribution in [2.45, 2.75) is 5.41 Å². The SMILES string of the molecule is c1ccc(-c2ccc(N(c3ccc4c(c3)C3(c5ccccc5-c5ccccc53)c3cc(-c5ccccc5)ccc3-4)c3ccc4c5ccccc5c5ccccc5c4c3)cc2)cc1. The van der Waals surface area contributed by atoms with Crippen LogP contribution in [0, 0.1) is 0 Å². The highest BCUT2D eigenvalue weighted by molar-refractivity contribution is 6.25. The largest absolute Gasteiger partial charge is 0.310 e. The normalized spacial score (nSPS) is 13.0. The Labute approximate surface area is 361 Å². The van der Waals surface area contributed by atoms with Crippen LogP contribution >= 0.6 is 0 Å². The molecule has 0 fully saturated rings. The van der Waals surface area contributed by atoms with E-state index in [1.54, 1.807) is 0 Å². The highest BCUT2D eigenvalue weighted by Crippen LogP contribution is 2.63. The molecule has 13 rings (SSSR count). The number of anilines is 3. The molecule has 11 aromatic carbocycles. The van der Waals surface area contributed by atoms with Crippen LogP contribution in [0.15, 0.2) is 237 Å². The summed E-state index contributed by atoms with van der Waals surface area (Å²) in [6, 6.07) is 87.9. The van der Waals surface area contributed by atoms with E-state index >= 15 is 0 Å². The highest BCUT2D eigenvalue weighted by atomic mass is 15.1. The summed E-state index contributed by atoms with van der Waals surface area (Å²) in [4.78, 5) is 2.47. The summed E-state index contributed by atoms with van der Waals surface area (Å²) in [6.45, 7) is 0. The molecule has 1 heteroatoms. The minimum absolute atomic E-state index is 0.500. The Morgan fingerprint density at radius 3 is 1.23 bits per heavy atom. The van der Waals surface area contributed by atoms with Crippen LogP contribution in [-0.2, 0) is 5.41 Å². The molecule has 2 aliphatic rings. The van der Waals surface area contributed by atoms with Crippen molar-refractivity contribution in [3.8, 4) is 44.5 Å². The fraction of sp³-hybridized carbons (Fsp3) is 0.0164. The van der Waals surface area contributed by atoms with Gasteiger partial charge in [-0.3, -0.25) is 0 Å². The number of benzene rings is 11. The van der Waals surface area contributed by atoms with E-state index in [-0.39, 0.29) is 0 Å². The van der Waals surface area contributed by atoms with E-state index in [9.17, 15) is 0 Å². The Kier molecular flexibility index (Phi) is 7.59. The second kappa shape index (κ2) is 13.5. The summed E-state index contributed by atoms with van der Waals surface area (Å²) >= 11 is 0. The van der Waals surface area contributed by atoms with Gasteiger partial charge in [0.1, 0.15) is 0 Å². The number of hydrogen-bond acceptors (Lipinski definition) is 1. The molecule has 0 aromatic heterocycles. The molecule has 1 spiro atoms. The van der Waals surface area contributed by atoms with Crippen LogP contribution in [0.2, 0.25) is 0 Å². The Bertz CT molecular complexity index is 3480. The van der Waals surface area contributed by atoms with Gasteiger partial charge >= 0.3 is 0 Å². The Balaban J connectivity index is 1.08. The minimum atomic E-state index is -0.500. The van der Waals surface area contributed by atoms with Gasteiger partial charge in [0.15, 0.2) is 0 Å². The van der Waals surface area contributed by atoms with Crippen molar-refractivity contribution in [1.29, 1.82) is 0 Å². The number of fused-ring (bicyclic) bond motifs is 16. The maximum atomic E-state index is 2.50. The van der Waals surface area contributed by atoms with E-state index in [4.69, 9.17) is 0 Å². The van der Waals surface area contributed by atoms with Crippen molar-refractivity contribution in [2.24, 2.45) is 0 Å². The van der Waals surface area contributed by atoms with Gasteiger partial charge in [-0.05, 0) is 142 Å². The van der Waals surface area contributed by atoms with E-state index in [1.807, 2.05) is 0 Å². The Morgan fingerprint density at radius 1 is 0.226 bits per heavy atom. The molecular weight excluding hydrogens is 747 g/mol. The molecule has 0 saturated heterocycles. The van der Waals surface area contributed by atoms with Gasteiger partial charge in [-0.15, -0.1) is 0 Å². The number of rotatable bonds is 5. The van der Waals surface area contributed by atoms with Gasteiger partial charge in [-0.1, -0.05) is 194 Å². The molecule has 0 aliphatic heterocycles. The quantitative estimate of drug-likeness (QED) is 0.157. The molecule has 0 bridgehead atoms. The van der Waals surface area contributed by atoms with Crippen LogP contribution < -0.4 is 4.90 Å². The van der Waals surface area contributed by atoms with Gasteiger partial charge in [0, 0.05) is 17.1 Å². The van der Waals surface area contributed by atoms with Crippen molar-refractivity contribution in [3.05, 3.63) is 259 Å². The molecule has 2 aliphatic carbocycles. The second-order valence-electron chi connectivity index (χ2n) is 16.8. The lowest BCUT2D eigenvalue weighted by Crippen LogP contribution is -2.26. The average Bonchev–Trinajstić information content (AvgIpc) is 3.81. The lowest BCUT2D eigenvalue weighted by Gasteiger charge is -2.32. The molecule has 0 unspecified atom stereocenters. The van der Waals surface area contributed by atoms with Gasteiger partial charge in [-0.25, -0.2) is 0 Å². The van der Waals surface area contributed by atoms with E-state index in [0.717, 1.165) is 17.1 Å². The first kappa shape index (κ1) is 34.8. The van der Waals surface area contributed by atoms with Gasteiger partial charge in [0.05, 0.1) is 5.41 Å². The highest BCUT2D eigenvalue weighted by Gasteiger charge is 2.52. The first-order chi connectivity index (χ1) is 30.8. The minimum Gasteiger partial charge on any atom is -0.310 e. The topological polar surface area (TPSA) is 3.24 Å². The van der Waals surface area contributed by atoms with E-state index < -0.39 is 5.41 Å². The molecule has 11 aromatic rings. The molecule has 0 amide bonds. The van der Waals surface area contributed by atoms with Gasteiger partial charge in [0.2, 0.25) is 0 Å². The molecule has 0 saturated carbocycles. The van der Waals surface area contributed by atoms with Crippen LogP contribution in [0.3, 0.4) is 0 Å². The lowest BCUT2D eigenvalue weighted by molar-refractivity contribution is 0.794. The second-order valence-corrected chi connectivity index (χ2v) is 16.8. The first-order valence-electron chi connectivity index (χ1n) is 21.6. The maximum absolute atomic E-state index is 2.50. The summed E-state index contributed by atoms with van der Waals surface area (Å²) in [7, 11) is 0. The summed E-state index contributed by atoms with van der Waals surface area (Å²) in [5.41, 5.74) is 18.2. The van der Waals surface area contributed by atoms with Crippen LogP contribution in [0.4, 0.5) is 17.1 Å². The number of nitrogens with zero attached hydrogens (tertiary/aromatic N) is 1. The zero-order valence-corrected chi connectivity index (χ0v) is 34.0. The third kappa shape index (κ3) is 4.97. The lowest BCUT2D eigenvalue weighted by atomic mass is 9.70. The fourth-order valence-electron chi connectivity index (χ4n) is 11.0. The molecule has 62 heavy (non-hydrogen) atoms. The fourth-order valence-corrected chi connectivity index (χ4v) is 11.0. The van der Waals surface area contributed by atoms with Crippen molar-refractivity contribution < 1.29 is 0 Å². The molecule has 0 atom stereocenters. The van der Waals surface area contributed by atoms with E-state index in [0.29, 0.717) is 0 Å². The molecule has 288 valence electrons. The molecule has 0 N–H and O–H groups in total.